The van der Waals surface area contributed by atoms with Gasteiger partial charge >= 0.3 is 0 Å². The van der Waals surface area contributed by atoms with Crippen LogP contribution < -0.4 is 24.7 Å². The molecule has 0 unspecified atom stereocenters. The summed E-state index contributed by atoms with van der Waals surface area (Å²) in [4.78, 5) is 15.4. The van der Waals surface area contributed by atoms with Crippen molar-refractivity contribution in [3.63, 3.8) is 0 Å². The zero-order valence-corrected chi connectivity index (χ0v) is 12.5. The van der Waals surface area contributed by atoms with Crippen molar-refractivity contribution in [3.8, 4) is 28.9 Å². The number of methoxy groups -OCH3 is 3. The highest BCUT2D eigenvalue weighted by Gasteiger charge is 2.16. The molecule has 0 spiro atoms. The number of nitrogens with two attached hydrogens (primary N) is 1. The highest BCUT2D eigenvalue weighted by molar-refractivity contribution is 5.95. The largest absolute Gasteiger partial charge is 0.493 e. The van der Waals surface area contributed by atoms with Gasteiger partial charge in [0.05, 0.1) is 21.3 Å². The fourth-order valence-corrected chi connectivity index (χ4v) is 1.89. The Bertz CT molecular complexity index is 662. The van der Waals surface area contributed by atoms with Gasteiger partial charge in [0.15, 0.2) is 11.5 Å². The molecule has 0 radical (unpaired) electrons. The molecule has 1 aromatic heterocycles. The van der Waals surface area contributed by atoms with E-state index in [0.29, 0.717) is 23.0 Å². The van der Waals surface area contributed by atoms with E-state index in [0.717, 1.165) is 0 Å². The van der Waals surface area contributed by atoms with E-state index in [1.165, 1.54) is 33.6 Å². The van der Waals surface area contributed by atoms with Crippen LogP contribution in [-0.2, 0) is 0 Å². The number of carbonyl (C=O) groups excluding carboxylic acids is 1. The molecule has 2 aromatic rings. The number of amides is 1. The molecule has 7 heteroatoms. The van der Waals surface area contributed by atoms with Gasteiger partial charge in [-0.2, -0.15) is 0 Å². The van der Waals surface area contributed by atoms with Gasteiger partial charge in [-0.3, -0.25) is 4.79 Å². The Morgan fingerprint density at radius 1 is 1.09 bits per heavy atom. The molecular weight excluding hydrogens is 288 g/mol. The molecule has 0 atom stereocenters. The molecular formula is C15H16N2O5. The fraction of sp³-hybridized carbons (Fsp3) is 0.200. The second-order valence-electron chi connectivity index (χ2n) is 4.18. The first-order chi connectivity index (χ1) is 10.6. The monoisotopic (exact) mass is 304 g/mol. The summed E-state index contributed by atoms with van der Waals surface area (Å²) in [5.41, 5.74) is 5.47. The van der Waals surface area contributed by atoms with Crippen LogP contribution in [0.1, 0.15) is 10.4 Å². The smallest absolute Gasteiger partial charge is 0.254 e. The number of rotatable bonds is 6. The first-order valence-electron chi connectivity index (χ1n) is 6.33. The van der Waals surface area contributed by atoms with Crippen molar-refractivity contribution >= 4 is 5.91 Å². The molecule has 116 valence electrons. The molecule has 0 saturated carbocycles. The van der Waals surface area contributed by atoms with Crippen LogP contribution in [0.15, 0.2) is 30.5 Å². The van der Waals surface area contributed by atoms with Crippen molar-refractivity contribution in [3.05, 3.63) is 36.0 Å². The average Bonchev–Trinajstić information content (AvgIpc) is 2.54. The van der Waals surface area contributed by atoms with Crippen molar-refractivity contribution in [1.29, 1.82) is 0 Å². The van der Waals surface area contributed by atoms with Gasteiger partial charge in [0, 0.05) is 18.3 Å². The number of benzene rings is 1. The minimum Gasteiger partial charge on any atom is -0.493 e. The van der Waals surface area contributed by atoms with Gasteiger partial charge < -0.3 is 24.7 Å². The first-order valence-corrected chi connectivity index (χ1v) is 6.33. The Morgan fingerprint density at radius 2 is 1.73 bits per heavy atom. The summed E-state index contributed by atoms with van der Waals surface area (Å²) in [6, 6.07) is 6.33. The van der Waals surface area contributed by atoms with Crippen molar-refractivity contribution in [2.45, 2.75) is 0 Å². The standard InChI is InChI=1S/C15H16N2O5/c1-19-11-7-9(8-12(20-2)13(11)21-3)22-15-10(14(16)18)5-4-6-17-15/h4-8H,1-3H3,(H2,16,18). The number of primary amides is 1. The maximum Gasteiger partial charge on any atom is 0.254 e. The normalized spacial score (nSPS) is 9.95. The van der Waals surface area contributed by atoms with E-state index in [-0.39, 0.29) is 11.4 Å². The predicted molar refractivity (Wildman–Crippen MR) is 78.9 cm³/mol. The second-order valence-corrected chi connectivity index (χ2v) is 4.18. The second kappa shape index (κ2) is 6.66. The lowest BCUT2D eigenvalue weighted by Crippen LogP contribution is -2.12. The molecule has 2 rings (SSSR count). The minimum atomic E-state index is -0.629. The van der Waals surface area contributed by atoms with Crippen molar-refractivity contribution in [1.82, 2.24) is 4.98 Å². The molecule has 0 aliphatic carbocycles. The molecule has 2 N–H and O–H groups in total. The summed E-state index contributed by atoms with van der Waals surface area (Å²) in [5.74, 6) is 1.13. The zero-order chi connectivity index (χ0) is 16.1. The first kappa shape index (κ1) is 15.4. The van der Waals surface area contributed by atoms with Crippen LogP contribution in [0.25, 0.3) is 0 Å². The topological polar surface area (TPSA) is 92.9 Å². The summed E-state index contributed by atoms with van der Waals surface area (Å²) >= 11 is 0. The highest BCUT2D eigenvalue weighted by atomic mass is 16.5. The molecule has 0 aliphatic heterocycles. The van der Waals surface area contributed by atoms with Gasteiger partial charge in [0.2, 0.25) is 11.6 Å². The summed E-state index contributed by atoms with van der Waals surface area (Å²) in [7, 11) is 4.50. The van der Waals surface area contributed by atoms with Gasteiger partial charge in [0.25, 0.3) is 5.91 Å². The third kappa shape index (κ3) is 3.03. The fourth-order valence-electron chi connectivity index (χ4n) is 1.89. The summed E-state index contributed by atoms with van der Waals surface area (Å²) in [5, 5.41) is 0. The summed E-state index contributed by atoms with van der Waals surface area (Å²) in [6.45, 7) is 0. The molecule has 1 heterocycles. The SMILES string of the molecule is COc1cc(Oc2ncccc2C(N)=O)cc(OC)c1OC. The van der Waals surface area contributed by atoms with Crippen LogP contribution in [0.4, 0.5) is 0 Å². The number of aromatic nitrogens is 1. The van der Waals surface area contributed by atoms with E-state index in [9.17, 15) is 4.79 Å². The Morgan fingerprint density at radius 3 is 2.23 bits per heavy atom. The minimum absolute atomic E-state index is 0.101. The zero-order valence-electron chi connectivity index (χ0n) is 12.5. The van der Waals surface area contributed by atoms with Gasteiger partial charge in [-0.1, -0.05) is 0 Å². The Hall–Kier alpha value is -2.96. The Kier molecular flexibility index (Phi) is 4.67. The van der Waals surface area contributed by atoms with Gasteiger partial charge in [-0.05, 0) is 12.1 Å². The maximum atomic E-state index is 11.4. The summed E-state index contributed by atoms with van der Waals surface area (Å²) in [6.07, 6.45) is 1.50. The average molecular weight is 304 g/mol. The maximum absolute atomic E-state index is 11.4. The Labute approximate surface area is 127 Å². The number of hydrogen-bond acceptors (Lipinski definition) is 6. The van der Waals surface area contributed by atoms with E-state index in [2.05, 4.69) is 4.98 Å². The van der Waals surface area contributed by atoms with Crippen LogP contribution in [0.2, 0.25) is 0 Å². The number of carbonyl (C=O) groups is 1. The Balaban J connectivity index is 2.44. The third-order valence-corrected chi connectivity index (χ3v) is 2.89. The van der Waals surface area contributed by atoms with E-state index in [1.807, 2.05) is 0 Å². The number of nitrogens with zero attached hydrogens (tertiary/aromatic N) is 1. The van der Waals surface area contributed by atoms with E-state index < -0.39 is 5.91 Å². The van der Waals surface area contributed by atoms with E-state index in [1.54, 1.807) is 18.2 Å². The van der Waals surface area contributed by atoms with Crippen molar-refractivity contribution in [2.24, 2.45) is 5.73 Å². The molecule has 0 fully saturated rings. The molecule has 0 bridgehead atoms. The molecule has 0 saturated heterocycles. The molecule has 22 heavy (non-hydrogen) atoms. The van der Waals surface area contributed by atoms with Crippen LogP contribution in [0, 0.1) is 0 Å². The lowest BCUT2D eigenvalue weighted by atomic mass is 10.2. The predicted octanol–water partition coefficient (Wildman–Crippen LogP) is 2.00. The lowest BCUT2D eigenvalue weighted by Gasteiger charge is -2.14. The van der Waals surface area contributed by atoms with Crippen molar-refractivity contribution < 1.29 is 23.7 Å². The van der Waals surface area contributed by atoms with Crippen molar-refractivity contribution in [2.75, 3.05) is 21.3 Å². The van der Waals surface area contributed by atoms with Crippen LogP contribution in [0.3, 0.4) is 0 Å². The molecule has 7 nitrogen and oxygen atoms in total. The molecule has 0 aliphatic rings. The van der Waals surface area contributed by atoms with Crippen LogP contribution in [-0.4, -0.2) is 32.2 Å². The summed E-state index contributed by atoms with van der Waals surface area (Å²) < 4.78 is 21.3. The molecule has 1 amide bonds. The van der Waals surface area contributed by atoms with Crippen LogP contribution in [0.5, 0.6) is 28.9 Å². The molecule has 1 aromatic carbocycles. The van der Waals surface area contributed by atoms with Gasteiger partial charge in [-0.25, -0.2) is 4.98 Å². The number of ether oxygens (including phenoxy) is 4. The number of pyridine rings is 1. The van der Waals surface area contributed by atoms with Crippen LogP contribution >= 0.6 is 0 Å². The third-order valence-electron chi connectivity index (χ3n) is 2.89. The van der Waals surface area contributed by atoms with Gasteiger partial charge in [0.1, 0.15) is 11.3 Å². The van der Waals surface area contributed by atoms with E-state index in [4.69, 9.17) is 24.7 Å². The van der Waals surface area contributed by atoms with E-state index >= 15 is 0 Å². The highest BCUT2D eigenvalue weighted by Crippen LogP contribution is 2.41. The quantitative estimate of drug-likeness (QED) is 0.877. The number of hydrogen-bond donors (Lipinski definition) is 1. The lowest BCUT2D eigenvalue weighted by molar-refractivity contribution is 0.0997. The van der Waals surface area contributed by atoms with Gasteiger partial charge in [-0.15, -0.1) is 0 Å².